The third-order valence-corrected chi connectivity index (χ3v) is 3.24. The minimum Gasteiger partial charge on any atom is -0.373 e. The van der Waals surface area contributed by atoms with E-state index >= 15 is 0 Å². The molecule has 19 heavy (non-hydrogen) atoms. The fourth-order valence-electron chi connectivity index (χ4n) is 2.07. The van der Waals surface area contributed by atoms with E-state index in [4.69, 9.17) is 10.00 Å². The highest BCUT2D eigenvalue weighted by Crippen LogP contribution is 2.23. The van der Waals surface area contributed by atoms with Gasteiger partial charge in [0.1, 0.15) is 11.9 Å². The van der Waals surface area contributed by atoms with Gasteiger partial charge in [-0.25, -0.2) is 4.39 Å². The van der Waals surface area contributed by atoms with Gasteiger partial charge < -0.3 is 4.74 Å². The van der Waals surface area contributed by atoms with E-state index in [2.05, 4.69) is 0 Å². The Hall–Kier alpha value is -2.18. The number of hydrogen-bond acceptors (Lipinski definition) is 2. The summed E-state index contributed by atoms with van der Waals surface area (Å²) in [6, 6.07) is 14.5. The summed E-state index contributed by atoms with van der Waals surface area (Å²) in [6.07, 6.45) is 1.31. The summed E-state index contributed by atoms with van der Waals surface area (Å²) in [4.78, 5) is 0. The second-order valence-corrected chi connectivity index (χ2v) is 4.66. The maximum atomic E-state index is 13.6. The molecule has 2 aromatic carbocycles. The number of nitriles is 1. The number of nitrogens with zero attached hydrogens (tertiary/aromatic N) is 1. The zero-order chi connectivity index (χ0) is 13.2. The Morgan fingerprint density at radius 3 is 2.42 bits per heavy atom. The van der Waals surface area contributed by atoms with Crippen molar-refractivity contribution in [3.8, 4) is 17.2 Å². The number of halogens is 1. The molecule has 0 spiro atoms. The van der Waals surface area contributed by atoms with Crippen LogP contribution in [0.2, 0.25) is 0 Å². The van der Waals surface area contributed by atoms with E-state index in [1.807, 2.05) is 30.3 Å². The summed E-state index contributed by atoms with van der Waals surface area (Å²) in [7, 11) is 0. The SMILES string of the molecule is N#Cc1ccc(-c2ccc(CC3CO3)cc2)cc1F. The van der Waals surface area contributed by atoms with Gasteiger partial charge in [-0.2, -0.15) is 5.26 Å². The van der Waals surface area contributed by atoms with Crippen LogP contribution < -0.4 is 0 Å². The second kappa shape index (κ2) is 4.83. The number of benzene rings is 2. The van der Waals surface area contributed by atoms with Gasteiger partial charge >= 0.3 is 0 Å². The molecular formula is C16H12FNO. The van der Waals surface area contributed by atoms with Gasteiger partial charge in [-0.1, -0.05) is 30.3 Å². The zero-order valence-electron chi connectivity index (χ0n) is 10.3. The van der Waals surface area contributed by atoms with Crippen molar-refractivity contribution in [1.82, 2.24) is 0 Å². The van der Waals surface area contributed by atoms with Crippen LogP contribution in [0, 0.1) is 17.1 Å². The topological polar surface area (TPSA) is 36.3 Å². The van der Waals surface area contributed by atoms with Gasteiger partial charge in [-0.15, -0.1) is 0 Å². The summed E-state index contributed by atoms with van der Waals surface area (Å²) >= 11 is 0. The molecule has 94 valence electrons. The molecule has 1 fully saturated rings. The lowest BCUT2D eigenvalue weighted by atomic mass is 10.0. The van der Waals surface area contributed by atoms with Gasteiger partial charge in [0.15, 0.2) is 0 Å². The van der Waals surface area contributed by atoms with Crippen LogP contribution in [-0.4, -0.2) is 12.7 Å². The molecule has 1 heterocycles. The number of ether oxygens (including phenoxy) is 1. The largest absolute Gasteiger partial charge is 0.373 e. The minimum absolute atomic E-state index is 0.0752. The first kappa shape index (κ1) is 11.9. The molecule has 1 saturated heterocycles. The van der Waals surface area contributed by atoms with E-state index in [1.165, 1.54) is 17.7 Å². The van der Waals surface area contributed by atoms with Crippen molar-refractivity contribution in [2.75, 3.05) is 6.61 Å². The van der Waals surface area contributed by atoms with E-state index in [9.17, 15) is 4.39 Å². The number of epoxide rings is 1. The monoisotopic (exact) mass is 253 g/mol. The molecule has 1 aliphatic heterocycles. The third kappa shape index (κ3) is 2.64. The predicted octanol–water partition coefficient (Wildman–Crippen LogP) is 3.31. The molecule has 1 atom stereocenters. The Morgan fingerprint density at radius 2 is 1.84 bits per heavy atom. The molecule has 2 aromatic rings. The number of rotatable bonds is 3. The molecule has 1 unspecified atom stereocenters. The average Bonchev–Trinajstić information content (AvgIpc) is 3.23. The first-order chi connectivity index (χ1) is 9.26. The van der Waals surface area contributed by atoms with Gasteiger partial charge in [0.05, 0.1) is 18.3 Å². The summed E-state index contributed by atoms with van der Waals surface area (Å²) < 4.78 is 18.7. The zero-order valence-corrected chi connectivity index (χ0v) is 10.3. The summed E-state index contributed by atoms with van der Waals surface area (Å²) in [5, 5.41) is 8.70. The van der Waals surface area contributed by atoms with Gasteiger partial charge in [-0.3, -0.25) is 0 Å². The maximum absolute atomic E-state index is 13.6. The lowest BCUT2D eigenvalue weighted by Crippen LogP contribution is -1.92. The van der Waals surface area contributed by atoms with Crippen LogP contribution in [0.1, 0.15) is 11.1 Å². The summed E-state index contributed by atoms with van der Waals surface area (Å²) in [6.45, 7) is 0.850. The first-order valence-electron chi connectivity index (χ1n) is 6.17. The second-order valence-electron chi connectivity index (χ2n) is 4.66. The van der Waals surface area contributed by atoms with Crippen LogP contribution in [-0.2, 0) is 11.2 Å². The van der Waals surface area contributed by atoms with Crippen LogP contribution >= 0.6 is 0 Å². The average molecular weight is 253 g/mol. The van der Waals surface area contributed by atoms with E-state index in [1.54, 1.807) is 6.07 Å². The minimum atomic E-state index is -0.476. The molecule has 2 nitrogen and oxygen atoms in total. The fourth-order valence-corrected chi connectivity index (χ4v) is 2.07. The Labute approximate surface area is 111 Å². The van der Waals surface area contributed by atoms with Crippen LogP contribution in [0.3, 0.4) is 0 Å². The summed E-state index contributed by atoms with van der Waals surface area (Å²) in [5.74, 6) is -0.476. The van der Waals surface area contributed by atoms with Crippen LogP contribution in [0.15, 0.2) is 42.5 Å². The van der Waals surface area contributed by atoms with Gasteiger partial charge in [0.25, 0.3) is 0 Å². The predicted molar refractivity (Wildman–Crippen MR) is 70.0 cm³/mol. The van der Waals surface area contributed by atoms with Crippen molar-refractivity contribution in [2.45, 2.75) is 12.5 Å². The van der Waals surface area contributed by atoms with Crippen molar-refractivity contribution >= 4 is 0 Å². The quantitative estimate of drug-likeness (QED) is 0.787. The standard InChI is InChI=1S/C16H12FNO/c17-16-8-13(5-6-14(16)9-18)12-3-1-11(2-4-12)7-15-10-19-15/h1-6,8,15H,7,10H2. The summed E-state index contributed by atoms with van der Waals surface area (Å²) in [5.41, 5.74) is 3.03. The Bertz CT molecular complexity index is 639. The molecule has 0 bridgehead atoms. The molecule has 0 radical (unpaired) electrons. The van der Waals surface area contributed by atoms with Crippen molar-refractivity contribution in [2.24, 2.45) is 0 Å². The Morgan fingerprint density at radius 1 is 1.16 bits per heavy atom. The smallest absolute Gasteiger partial charge is 0.141 e. The third-order valence-electron chi connectivity index (χ3n) is 3.24. The first-order valence-corrected chi connectivity index (χ1v) is 6.17. The van der Waals surface area contributed by atoms with Gasteiger partial charge in [0.2, 0.25) is 0 Å². The van der Waals surface area contributed by atoms with E-state index < -0.39 is 5.82 Å². The molecular weight excluding hydrogens is 241 g/mol. The van der Waals surface area contributed by atoms with Crippen LogP contribution in [0.4, 0.5) is 4.39 Å². The van der Waals surface area contributed by atoms with Gasteiger partial charge in [0, 0.05) is 6.42 Å². The molecule has 0 saturated carbocycles. The Balaban J connectivity index is 1.85. The van der Waals surface area contributed by atoms with Crippen LogP contribution in [0.25, 0.3) is 11.1 Å². The lowest BCUT2D eigenvalue weighted by molar-refractivity contribution is 0.407. The fraction of sp³-hybridized carbons (Fsp3) is 0.188. The van der Waals surface area contributed by atoms with E-state index in [0.29, 0.717) is 6.10 Å². The van der Waals surface area contributed by atoms with E-state index in [-0.39, 0.29) is 5.56 Å². The van der Waals surface area contributed by atoms with Crippen molar-refractivity contribution in [1.29, 1.82) is 5.26 Å². The highest BCUT2D eigenvalue weighted by atomic mass is 19.1. The molecule has 0 aromatic heterocycles. The molecule has 3 heteroatoms. The number of hydrogen-bond donors (Lipinski definition) is 0. The normalized spacial score (nSPS) is 16.9. The van der Waals surface area contributed by atoms with Crippen LogP contribution in [0.5, 0.6) is 0 Å². The highest BCUT2D eigenvalue weighted by Gasteiger charge is 2.22. The van der Waals surface area contributed by atoms with Gasteiger partial charge in [-0.05, 0) is 28.8 Å². The molecule has 0 aliphatic carbocycles. The maximum Gasteiger partial charge on any atom is 0.141 e. The Kier molecular flexibility index (Phi) is 3.02. The molecule has 1 aliphatic rings. The van der Waals surface area contributed by atoms with Crippen molar-refractivity contribution < 1.29 is 9.13 Å². The van der Waals surface area contributed by atoms with E-state index in [0.717, 1.165) is 24.2 Å². The highest BCUT2D eigenvalue weighted by molar-refractivity contribution is 5.64. The molecule has 0 N–H and O–H groups in total. The molecule has 0 amide bonds. The van der Waals surface area contributed by atoms with Crippen molar-refractivity contribution in [3.63, 3.8) is 0 Å². The molecule has 3 rings (SSSR count). The lowest BCUT2D eigenvalue weighted by Gasteiger charge is -2.04. The van der Waals surface area contributed by atoms with Crippen molar-refractivity contribution in [3.05, 3.63) is 59.4 Å².